The van der Waals surface area contributed by atoms with Crippen molar-refractivity contribution in [2.24, 2.45) is 0 Å². The Morgan fingerprint density at radius 3 is 2.58 bits per heavy atom. The lowest BCUT2D eigenvalue weighted by Crippen LogP contribution is -2.57. The van der Waals surface area contributed by atoms with Gasteiger partial charge in [0.15, 0.2) is 14.6 Å². The van der Waals surface area contributed by atoms with E-state index < -0.39 is 20.5 Å². The maximum Gasteiger partial charge on any atom is 0.241 e. The molecule has 134 valence electrons. The van der Waals surface area contributed by atoms with Crippen LogP contribution in [-0.4, -0.2) is 44.5 Å². The van der Waals surface area contributed by atoms with Gasteiger partial charge in [-0.1, -0.05) is 12.1 Å². The number of amides is 1. The van der Waals surface area contributed by atoms with Crippen molar-refractivity contribution in [1.82, 2.24) is 10.6 Å². The molecule has 0 bridgehead atoms. The molecule has 8 heteroatoms. The van der Waals surface area contributed by atoms with Crippen LogP contribution in [0.3, 0.4) is 0 Å². The number of hydrogen-bond acceptors (Lipinski definition) is 4. The topological polar surface area (TPSA) is 75.3 Å². The van der Waals surface area contributed by atoms with Gasteiger partial charge in [0.05, 0.1) is 0 Å². The first-order valence-corrected chi connectivity index (χ1v) is 9.69. The molecule has 0 aromatic heterocycles. The molecule has 5 nitrogen and oxygen atoms in total. The van der Waals surface area contributed by atoms with Crippen molar-refractivity contribution in [3.05, 3.63) is 35.6 Å². The molecule has 1 saturated carbocycles. The molecule has 1 aliphatic carbocycles. The number of hydrogen-bond donors (Lipinski definition) is 2. The molecule has 2 aliphatic rings. The largest absolute Gasteiger partial charge is 0.351 e. The fraction of sp³-hybridized carbons (Fsp3) is 0.562. The summed E-state index contributed by atoms with van der Waals surface area (Å²) in [5.41, 5.74) is 0.842. The van der Waals surface area contributed by atoms with Gasteiger partial charge in [0, 0.05) is 18.2 Å². The maximum atomic E-state index is 13.3. The first kappa shape index (κ1) is 19.1. The van der Waals surface area contributed by atoms with E-state index in [1.165, 1.54) is 12.1 Å². The zero-order valence-corrected chi connectivity index (χ0v) is 15.1. The van der Waals surface area contributed by atoms with Crippen LogP contribution in [0.1, 0.15) is 30.7 Å². The van der Waals surface area contributed by atoms with Crippen molar-refractivity contribution < 1.29 is 17.6 Å². The summed E-state index contributed by atoms with van der Waals surface area (Å²) >= 11 is 0. The summed E-state index contributed by atoms with van der Waals surface area (Å²) in [5, 5.41) is 5.96. The van der Waals surface area contributed by atoms with E-state index in [0.29, 0.717) is 19.5 Å². The number of rotatable bonds is 4. The van der Waals surface area contributed by atoms with Crippen molar-refractivity contribution in [2.75, 3.05) is 19.3 Å². The Hall–Kier alpha value is -1.18. The van der Waals surface area contributed by atoms with Gasteiger partial charge in [0.2, 0.25) is 5.91 Å². The third-order valence-corrected chi connectivity index (χ3v) is 6.93. The summed E-state index contributed by atoms with van der Waals surface area (Å²) in [4.78, 5) is 12.7. The third-order valence-electron chi connectivity index (χ3n) is 4.92. The van der Waals surface area contributed by atoms with Crippen LogP contribution in [0.25, 0.3) is 0 Å². The number of sulfone groups is 1. The zero-order chi connectivity index (χ0) is 16.7. The van der Waals surface area contributed by atoms with Gasteiger partial charge >= 0.3 is 0 Å². The number of carbonyl (C=O) groups excluding carboxylic acids is 1. The average Bonchev–Trinajstić information content (AvgIpc) is 3.26. The van der Waals surface area contributed by atoms with E-state index in [1.807, 2.05) is 6.07 Å². The van der Waals surface area contributed by atoms with Crippen LogP contribution >= 0.6 is 12.4 Å². The van der Waals surface area contributed by atoms with Crippen molar-refractivity contribution in [3.8, 4) is 0 Å². The molecule has 1 aromatic rings. The molecule has 2 N–H and O–H groups in total. The molecule has 1 heterocycles. The SMILES string of the molecule is CS(=O)(=O)C1(C(=O)NC2CC2c2cccc(F)c2)CCNCC1.Cl. The highest BCUT2D eigenvalue weighted by Crippen LogP contribution is 2.41. The highest BCUT2D eigenvalue weighted by molar-refractivity contribution is 7.92. The molecule has 24 heavy (non-hydrogen) atoms. The predicted octanol–water partition coefficient (Wildman–Crippen LogP) is 1.39. The molecule has 3 rings (SSSR count). The third kappa shape index (κ3) is 3.58. The smallest absolute Gasteiger partial charge is 0.241 e. The Balaban J connectivity index is 0.00000208. The second kappa shape index (κ2) is 6.98. The van der Waals surface area contributed by atoms with Gasteiger partial charge in [-0.15, -0.1) is 12.4 Å². The molecule has 1 aromatic carbocycles. The summed E-state index contributed by atoms with van der Waals surface area (Å²) in [6.07, 6.45) is 2.42. The van der Waals surface area contributed by atoms with Crippen LogP contribution in [0.2, 0.25) is 0 Å². The molecule has 2 unspecified atom stereocenters. The number of nitrogens with one attached hydrogen (secondary N) is 2. The Morgan fingerprint density at radius 1 is 1.33 bits per heavy atom. The molecule has 1 amide bonds. The van der Waals surface area contributed by atoms with Gasteiger partial charge < -0.3 is 10.6 Å². The van der Waals surface area contributed by atoms with Gasteiger partial charge in [-0.3, -0.25) is 4.79 Å². The standard InChI is InChI=1S/C16H21FN2O3S.ClH/c1-23(21,22)16(5-7-18-8-6-16)15(20)19-14-10-13(14)11-3-2-4-12(17)9-11;/h2-4,9,13-14,18H,5-8,10H2,1H3,(H,19,20);1H. The number of halogens is 2. The fourth-order valence-electron chi connectivity index (χ4n) is 3.36. The lowest BCUT2D eigenvalue weighted by atomic mass is 9.95. The summed E-state index contributed by atoms with van der Waals surface area (Å²) in [7, 11) is -3.51. The first-order chi connectivity index (χ1) is 10.8. The van der Waals surface area contributed by atoms with E-state index >= 15 is 0 Å². The van der Waals surface area contributed by atoms with Crippen LogP contribution in [0.4, 0.5) is 4.39 Å². The van der Waals surface area contributed by atoms with Crippen LogP contribution in [0.5, 0.6) is 0 Å². The molecule has 1 saturated heterocycles. The first-order valence-electron chi connectivity index (χ1n) is 7.80. The van der Waals surface area contributed by atoms with Crippen LogP contribution < -0.4 is 10.6 Å². The highest BCUT2D eigenvalue weighted by Gasteiger charge is 2.51. The Labute approximate surface area is 147 Å². The monoisotopic (exact) mass is 376 g/mol. The van der Waals surface area contributed by atoms with Crippen molar-refractivity contribution in [3.63, 3.8) is 0 Å². The minimum Gasteiger partial charge on any atom is -0.351 e. The second-order valence-corrected chi connectivity index (χ2v) is 8.82. The van der Waals surface area contributed by atoms with E-state index in [1.54, 1.807) is 6.07 Å². The molecule has 2 atom stereocenters. The van der Waals surface area contributed by atoms with Crippen molar-refractivity contribution in [2.45, 2.75) is 36.0 Å². The lowest BCUT2D eigenvalue weighted by molar-refractivity contribution is -0.124. The summed E-state index contributed by atoms with van der Waals surface area (Å²) in [5.74, 6) is -0.649. The van der Waals surface area contributed by atoms with Gasteiger partial charge in [0.1, 0.15) is 5.82 Å². The van der Waals surface area contributed by atoms with Gasteiger partial charge in [-0.25, -0.2) is 12.8 Å². The van der Waals surface area contributed by atoms with Crippen LogP contribution in [0, 0.1) is 5.82 Å². The molecule has 2 fully saturated rings. The molecule has 1 aliphatic heterocycles. The predicted molar refractivity (Wildman–Crippen MR) is 92.6 cm³/mol. The van der Waals surface area contributed by atoms with E-state index in [-0.39, 0.29) is 43.0 Å². The van der Waals surface area contributed by atoms with Crippen molar-refractivity contribution in [1.29, 1.82) is 0 Å². The quantitative estimate of drug-likeness (QED) is 0.832. The summed E-state index contributed by atoms with van der Waals surface area (Å²) in [6, 6.07) is 6.21. The van der Waals surface area contributed by atoms with Crippen LogP contribution in [0.15, 0.2) is 24.3 Å². The van der Waals surface area contributed by atoms with Gasteiger partial charge in [0.25, 0.3) is 0 Å². The van der Waals surface area contributed by atoms with E-state index in [4.69, 9.17) is 0 Å². The summed E-state index contributed by atoms with van der Waals surface area (Å²) in [6.45, 7) is 1.02. The zero-order valence-electron chi connectivity index (χ0n) is 13.4. The normalized spacial score (nSPS) is 25.4. The molecular formula is C16H22ClFN2O3S. The van der Waals surface area contributed by atoms with E-state index in [9.17, 15) is 17.6 Å². The Bertz CT molecular complexity index is 720. The molecule has 0 radical (unpaired) electrons. The number of carbonyl (C=O) groups is 1. The van der Waals surface area contributed by atoms with E-state index in [2.05, 4.69) is 10.6 Å². The fourth-order valence-corrected chi connectivity index (χ4v) is 4.70. The number of piperidine rings is 1. The van der Waals surface area contributed by atoms with Gasteiger partial charge in [-0.05, 0) is 50.0 Å². The molecule has 0 spiro atoms. The van der Waals surface area contributed by atoms with Crippen LogP contribution in [-0.2, 0) is 14.6 Å². The minimum atomic E-state index is -3.51. The minimum absolute atomic E-state index is 0. The maximum absolute atomic E-state index is 13.3. The number of benzene rings is 1. The second-order valence-electron chi connectivity index (χ2n) is 6.49. The lowest BCUT2D eigenvalue weighted by Gasteiger charge is -2.34. The van der Waals surface area contributed by atoms with E-state index in [0.717, 1.165) is 11.8 Å². The Morgan fingerprint density at radius 2 is 2.00 bits per heavy atom. The Kier molecular flexibility index (Phi) is 5.57. The molecular weight excluding hydrogens is 355 g/mol. The summed E-state index contributed by atoms with van der Waals surface area (Å²) < 4.78 is 36.4. The average molecular weight is 377 g/mol. The van der Waals surface area contributed by atoms with Crippen molar-refractivity contribution >= 4 is 28.2 Å². The highest BCUT2D eigenvalue weighted by atomic mass is 35.5. The van der Waals surface area contributed by atoms with Gasteiger partial charge in [-0.2, -0.15) is 0 Å².